The van der Waals surface area contributed by atoms with Crippen molar-refractivity contribution >= 4 is 40.8 Å². The zero-order valence-electron chi connectivity index (χ0n) is 8.72. The molecule has 0 radical (unpaired) electrons. The van der Waals surface area contributed by atoms with Crippen molar-refractivity contribution in [1.82, 2.24) is 4.37 Å². The average molecular weight is 285 g/mol. The highest BCUT2D eigenvalue weighted by Crippen LogP contribution is 2.33. The molecule has 0 atom stereocenters. The van der Waals surface area contributed by atoms with Gasteiger partial charge in [0.15, 0.2) is 5.15 Å². The van der Waals surface area contributed by atoms with E-state index in [-0.39, 0.29) is 5.15 Å². The smallest absolute Gasteiger partial charge is 0.253 e. The van der Waals surface area contributed by atoms with Crippen LogP contribution in [0.25, 0.3) is 0 Å². The van der Waals surface area contributed by atoms with E-state index in [1.165, 1.54) is 28.9 Å². The first-order valence-corrected chi connectivity index (χ1v) is 6.94. The van der Waals surface area contributed by atoms with E-state index < -0.39 is 5.91 Å². The van der Waals surface area contributed by atoms with E-state index in [1.807, 2.05) is 30.3 Å². The van der Waals surface area contributed by atoms with Crippen LogP contribution in [-0.4, -0.2) is 10.3 Å². The van der Waals surface area contributed by atoms with Crippen molar-refractivity contribution in [2.24, 2.45) is 5.73 Å². The molecule has 0 saturated carbocycles. The normalized spacial score (nSPS) is 10.4. The summed E-state index contributed by atoms with van der Waals surface area (Å²) in [5.74, 6) is 0.235. The van der Waals surface area contributed by atoms with Gasteiger partial charge in [0.05, 0.1) is 4.21 Å². The molecule has 1 aromatic carbocycles. The minimum absolute atomic E-state index is 0.193. The molecule has 2 aromatic rings. The Morgan fingerprint density at radius 1 is 1.41 bits per heavy atom. The van der Waals surface area contributed by atoms with E-state index in [4.69, 9.17) is 17.3 Å². The van der Waals surface area contributed by atoms with Crippen LogP contribution in [0.2, 0.25) is 5.15 Å². The third-order valence-electron chi connectivity index (χ3n) is 2.08. The number of primary amides is 1. The second-order valence-corrected chi connectivity index (χ2v) is 5.65. The third-order valence-corrected chi connectivity index (χ3v) is 4.62. The summed E-state index contributed by atoms with van der Waals surface area (Å²) < 4.78 is 4.71. The first kappa shape index (κ1) is 12.4. The number of carbonyl (C=O) groups is 1. The van der Waals surface area contributed by atoms with Crippen LogP contribution in [0.15, 0.2) is 34.5 Å². The van der Waals surface area contributed by atoms with Gasteiger partial charge in [-0.2, -0.15) is 4.37 Å². The highest BCUT2D eigenvalue weighted by atomic mass is 35.5. The maximum atomic E-state index is 11.2. The first-order chi connectivity index (χ1) is 8.18. The van der Waals surface area contributed by atoms with Gasteiger partial charge in [-0.1, -0.05) is 41.9 Å². The first-order valence-electron chi connectivity index (χ1n) is 4.80. The van der Waals surface area contributed by atoms with Gasteiger partial charge in [0, 0.05) is 5.75 Å². The molecule has 17 heavy (non-hydrogen) atoms. The molecular formula is C11H9ClN2OS2. The van der Waals surface area contributed by atoms with E-state index in [2.05, 4.69) is 4.37 Å². The Balaban J connectivity index is 2.12. The number of hydrogen-bond donors (Lipinski definition) is 1. The zero-order chi connectivity index (χ0) is 12.3. The minimum atomic E-state index is -0.528. The Hall–Kier alpha value is -1.04. The predicted octanol–water partition coefficient (Wildman–Crippen LogP) is 3.19. The molecule has 6 heteroatoms. The van der Waals surface area contributed by atoms with Gasteiger partial charge in [0.25, 0.3) is 5.91 Å². The molecule has 2 N–H and O–H groups in total. The fraction of sp³-hybridized carbons (Fsp3) is 0.0909. The highest BCUT2D eigenvalue weighted by Gasteiger charge is 2.17. The molecule has 2 rings (SSSR count). The molecule has 0 saturated heterocycles. The molecule has 0 fully saturated rings. The quantitative estimate of drug-likeness (QED) is 0.877. The van der Waals surface area contributed by atoms with Crippen molar-refractivity contribution in [1.29, 1.82) is 0 Å². The van der Waals surface area contributed by atoms with E-state index in [1.54, 1.807) is 0 Å². The van der Waals surface area contributed by atoms with Crippen LogP contribution in [0, 0.1) is 0 Å². The molecule has 0 bridgehead atoms. The summed E-state index contributed by atoms with van der Waals surface area (Å²) in [4.78, 5) is 11.2. The van der Waals surface area contributed by atoms with Gasteiger partial charge in [0.1, 0.15) is 5.56 Å². The maximum absolute atomic E-state index is 11.2. The molecule has 3 nitrogen and oxygen atoms in total. The van der Waals surface area contributed by atoms with E-state index in [9.17, 15) is 4.79 Å². The summed E-state index contributed by atoms with van der Waals surface area (Å²) in [6.45, 7) is 0. The Labute approximate surface area is 112 Å². The average Bonchev–Trinajstić information content (AvgIpc) is 2.69. The molecule has 0 aliphatic heterocycles. The summed E-state index contributed by atoms with van der Waals surface area (Å²) >= 11 is 8.53. The molecule has 0 unspecified atom stereocenters. The van der Waals surface area contributed by atoms with Crippen molar-refractivity contribution in [3.63, 3.8) is 0 Å². The van der Waals surface area contributed by atoms with Crippen molar-refractivity contribution < 1.29 is 4.79 Å². The second-order valence-electron chi connectivity index (χ2n) is 3.27. The van der Waals surface area contributed by atoms with Crippen LogP contribution in [0.5, 0.6) is 0 Å². The Morgan fingerprint density at radius 3 is 2.76 bits per heavy atom. The Bertz CT molecular complexity index is 528. The van der Waals surface area contributed by atoms with Crippen LogP contribution in [0.4, 0.5) is 0 Å². The van der Waals surface area contributed by atoms with Crippen molar-refractivity contribution in [3.05, 3.63) is 46.6 Å². The molecule has 88 valence electrons. The van der Waals surface area contributed by atoms with Gasteiger partial charge in [-0.05, 0) is 17.1 Å². The number of carbonyl (C=O) groups excluding carboxylic acids is 1. The lowest BCUT2D eigenvalue weighted by Crippen LogP contribution is -2.11. The van der Waals surface area contributed by atoms with Crippen molar-refractivity contribution in [3.8, 4) is 0 Å². The number of amides is 1. The predicted molar refractivity (Wildman–Crippen MR) is 71.6 cm³/mol. The second kappa shape index (κ2) is 5.53. The van der Waals surface area contributed by atoms with E-state index in [0.717, 1.165) is 9.96 Å². The maximum Gasteiger partial charge on any atom is 0.253 e. The molecule has 1 amide bonds. The summed E-state index contributed by atoms with van der Waals surface area (Å²) in [6.07, 6.45) is 0. The third kappa shape index (κ3) is 3.00. The van der Waals surface area contributed by atoms with E-state index in [0.29, 0.717) is 5.56 Å². The highest BCUT2D eigenvalue weighted by molar-refractivity contribution is 8.00. The summed E-state index contributed by atoms with van der Waals surface area (Å²) in [5, 5.41) is 0.193. The standard InChI is InChI=1S/C11H9ClN2OS2/c12-9-8(10(13)15)11(17-14-9)16-6-7-4-2-1-3-5-7/h1-5H,6H2,(H2,13,15). The van der Waals surface area contributed by atoms with Gasteiger partial charge in [0.2, 0.25) is 0 Å². The van der Waals surface area contributed by atoms with Gasteiger partial charge < -0.3 is 5.73 Å². The number of benzene rings is 1. The minimum Gasteiger partial charge on any atom is -0.365 e. The summed E-state index contributed by atoms with van der Waals surface area (Å²) in [6, 6.07) is 9.97. The lowest BCUT2D eigenvalue weighted by molar-refractivity contribution is 0.0998. The van der Waals surface area contributed by atoms with Crippen LogP contribution >= 0.6 is 34.9 Å². The van der Waals surface area contributed by atoms with Gasteiger partial charge in [-0.3, -0.25) is 4.79 Å². The number of nitrogens with zero attached hydrogens (tertiary/aromatic N) is 1. The van der Waals surface area contributed by atoms with E-state index >= 15 is 0 Å². The fourth-order valence-electron chi connectivity index (χ4n) is 1.28. The Kier molecular flexibility index (Phi) is 4.04. The van der Waals surface area contributed by atoms with Crippen LogP contribution in [0.3, 0.4) is 0 Å². The topological polar surface area (TPSA) is 56.0 Å². The van der Waals surface area contributed by atoms with Crippen LogP contribution < -0.4 is 5.73 Å². The lowest BCUT2D eigenvalue weighted by atomic mass is 10.2. The lowest BCUT2D eigenvalue weighted by Gasteiger charge is -2.00. The number of nitrogens with two attached hydrogens (primary N) is 1. The molecular weight excluding hydrogens is 276 g/mol. The number of halogens is 1. The number of thioether (sulfide) groups is 1. The fourth-order valence-corrected chi connectivity index (χ4v) is 3.56. The van der Waals surface area contributed by atoms with Crippen molar-refractivity contribution in [2.75, 3.05) is 0 Å². The molecule has 0 aliphatic rings. The zero-order valence-corrected chi connectivity index (χ0v) is 11.1. The molecule has 0 spiro atoms. The number of hydrogen-bond acceptors (Lipinski definition) is 4. The van der Waals surface area contributed by atoms with Crippen molar-refractivity contribution in [2.45, 2.75) is 9.96 Å². The molecule has 1 aromatic heterocycles. The largest absolute Gasteiger partial charge is 0.365 e. The monoisotopic (exact) mass is 284 g/mol. The van der Waals surface area contributed by atoms with Gasteiger partial charge in [-0.25, -0.2) is 0 Å². The Morgan fingerprint density at radius 2 is 2.12 bits per heavy atom. The van der Waals surface area contributed by atoms with Crippen LogP contribution in [-0.2, 0) is 5.75 Å². The number of aromatic nitrogens is 1. The van der Waals surface area contributed by atoms with Crippen LogP contribution in [0.1, 0.15) is 15.9 Å². The summed E-state index contributed by atoms with van der Waals surface area (Å²) in [5.41, 5.74) is 6.77. The number of rotatable bonds is 4. The SMILES string of the molecule is NC(=O)c1c(Cl)nsc1SCc1ccccc1. The van der Waals surface area contributed by atoms with Gasteiger partial charge >= 0.3 is 0 Å². The molecule has 0 aliphatic carbocycles. The van der Waals surface area contributed by atoms with Gasteiger partial charge in [-0.15, -0.1) is 11.8 Å². The molecule has 1 heterocycles. The summed E-state index contributed by atoms with van der Waals surface area (Å²) in [7, 11) is 0.